The van der Waals surface area contributed by atoms with Gasteiger partial charge in [0.2, 0.25) is 23.6 Å². The number of rotatable bonds is 33. The van der Waals surface area contributed by atoms with Crippen LogP contribution in [-0.4, -0.2) is 78.1 Å². The van der Waals surface area contributed by atoms with Crippen molar-refractivity contribution in [3.05, 3.63) is 0 Å². The third kappa shape index (κ3) is 28.6. The van der Waals surface area contributed by atoms with Crippen LogP contribution in [0.25, 0.3) is 0 Å². The molecule has 0 saturated heterocycles. The SMILES string of the molecule is CCCCCCCCCCCCCCCCCCCC(=O)N[C@@H](COP(=O)(O)OCCNC(=O)[C@@H](NC(C)=O)C(C)C)C(=O)NCCC(C)O. The Bertz CT molecular complexity index is 968. The van der Waals surface area contributed by atoms with Crippen LogP contribution in [0.2, 0.25) is 0 Å². The summed E-state index contributed by atoms with van der Waals surface area (Å²) in [6.07, 6.45) is 20.8. The standard InChI is InChI=1S/C36H71N4O9P/c1-6-7-8-9-10-11-12-13-14-15-16-17-18-19-20-21-22-23-33(43)40-32(35(44)37-25-24-30(4)41)28-49-50(46,47)48-27-26-38-36(45)34(29(2)3)39-31(5)42/h29-30,32,34,41H,6-28H2,1-5H3,(H,37,44)(H,38,45)(H,39,42)(H,40,43)(H,46,47)/t30?,32-,34-/m0/s1. The number of phosphoric ester groups is 1. The Morgan fingerprint density at radius 3 is 1.62 bits per heavy atom. The Morgan fingerprint density at radius 1 is 0.680 bits per heavy atom. The van der Waals surface area contributed by atoms with Gasteiger partial charge in [-0.3, -0.25) is 28.2 Å². The average molecular weight is 735 g/mol. The van der Waals surface area contributed by atoms with Crippen molar-refractivity contribution in [1.29, 1.82) is 0 Å². The molecule has 0 radical (unpaired) electrons. The lowest BCUT2D eigenvalue weighted by molar-refractivity contribution is -0.130. The highest BCUT2D eigenvalue weighted by molar-refractivity contribution is 7.47. The van der Waals surface area contributed by atoms with Gasteiger partial charge in [-0.2, -0.15) is 0 Å². The molecular weight excluding hydrogens is 663 g/mol. The first kappa shape index (κ1) is 48.0. The quantitative estimate of drug-likeness (QED) is 0.0357. The van der Waals surface area contributed by atoms with Gasteiger partial charge in [-0.1, -0.05) is 124 Å². The van der Waals surface area contributed by atoms with Crippen LogP contribution in [0.15, 0.2) is 0 Å². The van der Waals surface area contributed by atoms with Gasteiger partial charge in [-0.05, 0) is 25.7 Å². The highest BCUT2D eigenvalue weighted by atomic mass is 31.2. The second-order valence-corrected chi connectivity index (χ2v) is 15.2. The number of nitrogens with one attached hydrogen (secondary N) is 4. The van der Waals surface area contributed by atoms with Crippen molar-refractivity contribution in [2.45, 2.75) is 175 Å². The molecule has 0 heterocycles. The van der Waals surface area contributed by atoms with Gasteiger partial charge in [0, 0.05) is 26.4 Å². The molecule has 0 fully saturated rings. The van der Waals surface area contributed by atoms with Gasteiger partial charge in [0.1, 0.15) is 12.1 Å². The number of amides is 4. The van der Waals surface area contributed by atoms with E-state index in [1.54, 1.807) is 20.8 Å². The number of hydrogen-bond acceptors (Lipinski definition) is 8. The molecule has 0 aliphatic carbocycles. The van der Waals surface area contributed by atoms with Crippen LogP contribution in [0.4, 0.5) is 0 Å². The molecule has 0 aromatic carbocycles. The number of hydrogen-bond donors (Lipinski definition) is 6. The van der Waals surface area contributed by atoms with Gasteiger partial charge in [-0.25, -0.2) is 4.57 Å². The average Bonchev–Trinajstić information content (AvgIpc) is 3.04. The Morgan fingerprint density at radius 2 is 1.16 bits per heavy atom. The number of carbonyl (C=O) groups excluding carboxylic acids is 4. The Balaban J connectivity index is 4.42. The topological polar surface area (TPSA) is 192 Å². The molecule has 0 aromatic heterocycles. The molecule has 0 aliphatic heterocycles. The molecule has 0 aromatic rings. The van der Waals surface area contributed by atoms with Gasteiger partial charge in [0.25, 0.3) is 0 Å². The van der Waals surface area contributed by atoms with Crippen molar-refractivity contribution < 1.29 is 42.8 Å². The molecule has 4 atom stereocenters. The number of phosphoric acid groups is 1. The van der Waals surface area contributed by atoms with Crippen molar-refractivity contribution in [3.8, 4) is 0 Å². The third-order valence-electron chi connectivity index (χ3n) is 8.39. The molecule has 0 spiro atoms. The summed E-state index contributed by atoms with van der Waals surface area (Å²) in [5.41, 5.74) is 0. The normalized spacial score (nSPS) is 14.4. The lowest BCUT2D eigenvalue weighted by Gasteiger charge is -2.22. The van der Waals surface area contributed by atoms with E-state index in [4.69, 9.17) is 9.05 Å². The first-order valence-corrected chi connectivity index (χ1v) is 20.7. The van der Waals surface area contributed by atoms with E-state index in [9.17, 15) is 33.7 Å². The maximum atomic E-state index is 12.8. The minimum absolute atomic E-state index is 0.130. The molecule has 0 aliphatic rings. The van der Waals surface area contributed by atoms with E-state index < -0.39 is 44.4 Å². The molecule has 0 bridgehead atoms. The summed E-state index contributed by atoms with van der Waals surface area (Å²) in [7, 11) is -4.64. The fraction of sp³-hybridized carbons (Fsp3) is 0.889. The molecule has 294 valence electrons. The fourth-order valence-corrected chi connectivity index (χ4v) is 6.13. The first-order chi connectivity index (χ1) is 23.8. The summed E-state index contributed by atoms with van der Waals surface area (Å²) >= 11 is 0. The van der Waals surface area contributed by atoms with E-state index in [2.05, 4.69) is 28.2 Å². The van der Waals surface area contributed by atoms with Gasteiger partial charge >= 0.3 is 7.82 Å². The zero-order valence-corrected chi connectivity index (χ0v) is 32.7. The molecule has 2 unspecified atom stereocenters. The van der Waals surface area contributed by atoms with Crippen LogP contribution in [0, 0.1) is 5.92 Å². The largest absolute Gasteiger partial charge is 0.472 e. The summed E-state index contributed by atoms with van der Waals surface area (Å²) in [6, 6.07) is -2.03. The van der Waals surface area contributed by atoms with Crippen LogP contribution < -0.4 is 21.3 Å². The molecule has 0 saturated carbocycles. The third-order valence-corrected chi connectivity index (χ3v) is 9.37. The Hall–Kier alpha value is -2.05. The second-order valence-electron chi connectivity index (χ2n) is 13.8. The lowest BCUT2D eigenvalue weighted by atomic mass is 10.0. The molecular formula is C36H71N4O9P. The monoisotopic (exact) mass is 734 g/mol. The molecule has 4 amide bonds. The minimum Gasteiger partial charge on any atom is -0.393 e. The van der Waals surface area contributed by atoms with Crippen molar-refractivity contribution in [3.63, 3.8) is 0 Å². The van der Waals surface area contributed by atoms with E-state index in [1.807, 2.05) is 0 Å². The summed E-state index contributed by atoms with van der Waals surface area (Å²) in [5.74, 6) is -2.00. The van der Waals surface area contributed by atoms with Crippen molar-refractivity contribution in [2.75, 3.05) is 26.3 Å². The van der Waals surface area contributed by atoms with Crippen LogP contribution in [0.1, 0.15) is 157 Å². The number of carbonyl (C=O) groups is 4. The second kappa shape index (κ2) is 30.6. The number of aliphatic hydroxyl groups is 1. The molecule has 14 heteroatoms. The fourth-order valence-electron chi connectivity index (χ4n) is 5.39. The van der Waals surface area contributed by atoms with Crippen LogP contribution in [0.5, 0.6) is 0 Å². The minimum atomic E-state index is -4.64. The predicted octanol–water partition coefficient (Wildman–Crippen LogP) is 5.81. The zero-order chi connectivity index (χ0) is 37.6. The van der Waals surface area contributed by atoms with Crippen LogP contribution in [-0.2, 0) is 32.8 Å². The van der Waals surface area contributed by atoms with Gasteiger partial charge in [0.15, 0.2) is 0 Å². The molecule has 0 rings (SSSR count). The highest BCUT2D eigenvalue weighted by Gasteiger charge is 2.28. The van der Waals surface area contributed by atoms with Crippen LogP contribution >= 0.6 is 7.82 Å². The van der Waals surface area contributed by atoms with Gasteiger partial charge in [-0.15, -0.1) is 0 Å². The van der Waals surface area contributed by atoms with E-state index in [-0.39, 0.29) is 43.8 Å². The summed E-state index contributed by atoms with van der Waals surface area (Å²) in [6.45, 7) is 7.69. The number of aliphatic hydroxyl groups excluding tert-OH is 1. The molecule has 50 heavy (non-hydrogen) atoms. The van der Waals surface area contributed by atoms with Gasteiger partial charge in [0.05, 0.1) is 19.3 Å². The molecule has 6 N–H and O–H groups in total. The highest BCUT2D eigenvalue weighted by Crippen LogP contribution is 2.42. The molecule has 13 nitrogen and oxygen atoms in total. The summed E-state index contributed by atoms with van der Waals surface area (Å²) < 4.78 is 22.4. The smallest absolute Gasteiger partial charge is 0.393 e. The first-order valence-electron chi connectivity index (χ1n) is 19.2. The Labute approximate surface area is 302 Å². The van der Waals surface area contributed by atoms with E-state index >= 15 is 0 Å². The lowest BCUT2D eigenvalue weighted by Crippen LogP contribution is -2.49. The van der Waals surface area contributed by atoms with Crippen LogP contribution in [0.3, 0.4) is 0 Å². The van der Waals surface area contributed by atoms with Crippen molar-refractivity contribution in [1.82, 2.24) is 21.3 Å². The van der Waals surface area contributed by atoms with E-state index in [1.165, 1.54) is 90.4 Å². The van der Waals surface area contributed by atoms with E-state index in [0.717, 1.165) is 19.3 Å². The summed E-state index contributed by atoms with van der Waals surface area (Å²) in [4.78, 5) is 59.3. The maximum Gasteiger partial charge on any atom is 0.472 e. The Kier molecular flexibility index (Phi) is 29.3. The maximum absolute atomic E-state index is 12.8. The summed E-state index contributed by atoms with van der Waals surface area (Å²) in [5, 5.41) is 19.8. The number of unbranched alkanes of at least 4 members (excludes halogenated alkanes) is 16. The van der Waals surface area contributed by atoms with Crippen molar-refractivity contribution in [2.24, 2.45) is 5.92 Å². The predicted molar refractivity (Wildman–Crippen MR) is 197 cm³/mol. The van der Waals surface area contributed by atoms with Crippen molar-refractivity contribution >= 4 is 31.5 Å². The zero-order valence-electron chi connectivity index (χ0n) is 31.8. The van der Waals surface area contributed by atoms with Gasteiger partial charge < -0.3 is 31.3 Å². The van der Waals surface area contributed by atoms with E-state index in [0.29, 0.717) is 12.8 Å².